The van der Waals surface area contributed by atoms with Crippen LogP contribution in [0.2, 0.25) is 10.0 Å². The Balaban J connectivity index is 2.22. The summed E-state index contributed by atoms with van der Waals surface area (Å²) in [7, 11) is -4.16. The Morgan fingerprint density at radius 1 is 1.12 bits per heavy atom. The number of anilines is 1. The van der Waals surface area contributed by atoms with Gasteiger partial charge in [0.25, 0.3) is 0 Å². The lowest BCUT2D eigenvalue weighted by atomic mass is 10.3. The van der Waals surface area contributed by atoms with E-state index in [9.17, 15) is 17.6 Å². The predicted octanol–water partition coefficient (Wildman–Crippen LogP) is 3.78. The molecule has 2 aromatic carbocycles. The molecular formula is C16H15Cl2FN2O3S. The van der Waals surface area contributed by atoms with Gasteiger partial charge in [0.15, 0.2) is 0 Å². The van der Waals surface area contributed by atoms with Gasteiger partial charge >= 0.3 is 0 Å². The van der Waals surface area contributed by atoms with Crippen LogP contribution < -0.4 is 5.32 Å². The number of nitrogens with one attached hydrogen (secondary N) is 1. The minimum Gasteiger partial charge on any atom is -0.322 e. The zero-order valence-corrected chi connectivity index (χ0v) is 15.5. The summed E-state index contributed by atoms with van der Waals surface area (Å²) in [6, 6.07) is 9.68. The van der Waals surface area contributed by atoms with Gasteiger partial charge in [-0.1, -0.05) is 48.3 Å². The lowest BCUT2D eigenvalue weighted by molar-refractivity contribution is -0.116. The maximum absolute atomic E-state index is 13.8. The van der Waals surface area contributed by atoms with Crippen molar-refractivity contribution in [3.8, 4) is 0 Å². The number of amides is 1. The first kappa shape index (κ1) is 19.7. The fourth-order valence-electron chi connectivity index (χ4n) is 2.12. The van der Waals surface area contributed by atoms with Gasteiger partial charge in [0.05, 0.1) is 22.3 Å². The highest BCUT2D eigenvalue weighted by atomic mass is 35.5. The van der Waals surface area contributed by atoms with Crippen LogP contribution in [-0.2, 0) is 14.8 Å². The van der Waals surface area contributed by atoms with E-state index in [0.29, 0.717) is 0 Å². The molecule has 2 rings (SSSR count). The van der Waals surface area contributed by atoms with Crippen molar-refractivity contribution in [3.05, 3.63) is 58.3 Å². The highest BCUT2D eigenvalue weighted by Gasteiger charge is 2.28. The smallest absolute Gasteiger partial charge is 0.246 e. The molecule has 0 aliphatic rings. The molecule has 0 radical (unpaired) electrons. The second-order valence-electron chi connectivity index (χ2n) is 5.01. The highest BCUT2D eigenvalue weighted by molar-refractivity contribution is 7.89. The Hall–Kier alpha value is -1.67. The van der Waals surface area contributed by atoms with Gasteiger partial charge in [-0.25, -0.2) is 12.8 Å². The van der Waals surface area contributed by atoms with E-state index in [1.807, 2.05) is 0 Å². The molecule has 0 aromatic heterocycles. The molecule has 9 heteroatoms. The van der Waals surface area contributed by atoms with Crippen LogP contribution >= 0.6 is 23.2 Å². The molecule has 0 saturated heterocycles. The average Bonchev–Trinajstić information content (AvgIpc) is 2.56. The number of carbonyl (C=O) groups excluding carboxylic acids is 1. The number of para-hydroxylation sites is 1. The number of sulfonamides is 1. The predicted molar refractivity (Wildman–Crippen MR) is 95.9 cm³/mol. The molecule has 2 aromatic rings. The molecule has 5 nitrogen and oxygen atoms in total. The standard InChI is InChI=1S/C16H15Cl2FN2O3S/c1-2-21(25(23,24)14-9-4-3-8-13(14)19)10-15(22)20-16-11(17)6-5-7-12(16)18/h3-9H,2,10H2,1H3,(H,20,22). The van der Waals surface area contributed by atoms with E-state index in [4.69, 9.17) is 23.2 Å². The SMILES string of the molecule is CCN(CC(=O)Nc1c(Cl)cccc1Cl)S(=O)(=O)c1ccccc1F. The lowest BCUT2D eigenvalue weighted by Gasteiger charge is -2.20. The Bertz CT molecular complexity index is 870. The maximum atomic E-state index is 13.8. The number of likely N-dealkylation sites (N-methyl/N-ethyl adjacent to an activating group) is 1. The topological polar surface area (TPSA) is 66.5 Å². The van der Waals surface area contributed by atoms with Gasteiger partial charge in [0.1, 0.15) is 10.7 Å². The van der Waals surface area contributed by atoms with Crippen molar-refractivity contribution in [2.75, 3.05) is 18.4 Å². The molecule has 0 aliphatic heterocycles. The van der Waals surface area contributed by atoms with Crippen LogP contribution in [-0.4, -0.2) is 31.7 Å². The fraction of sp³-hybridized carbons (Fsp3) is 0.188. The summed E-state index contributed by atoms with van der Waals surface area (Å²) < 4.78 is 39.8. The summed E-state index contributed by atoms with van der Waals surface area (Å²) in [5.74, 6) is -1.52. The summed E-state index contributed by atoms with van der Waals surface area (Å²) in [4.78, 5) is 11.7. The quantitative estimate of drug-likeness (QED) is 0.796. The number of benzene rings is 2. The van der Waals surface area contributed by atoms with Gasteiger partial charge < -0.3 is 5.32 Å². The molecule has 0 saturated carbocycles. The minimum atomic E-state index is -4.16. The van der Waals surface area contributed by atoms with Crippen molar-refractivity contribution in [1.82, 2.24) is 4.31 Å². The Labute approximate surface area is 155 Å². The zero-order valence-electron chi connectivity index (χ0n) is 13.2. The highest BCUT2D eigenvalue weighted by Crippen LogP contribution is 2.29. The number of rotatable bonds is 6. The van der Waals surface area contributed by atoms with Crippen molar-refractivity contribution in [2.24, 2.45) is 0 Å². The molecular weight excluding hydrogens is 390 g/mol. The van der Waals surface area contributed by atoms with Crippen LogP contribution in [0, 0.1) is 5.82 Å². The first-order valence-corrected chi connectivity index (χ1v) is 9.45. The van der Waals surface area contributed by atoms with Crippen molar-refractivity contribution in [1.29, 1.82) is 0 Å². The first-order chi connectivity index (χ1) is 11.8. The molecule has 0 spiro atoms. The summed E-state index contributed by atoms with van der Waals surface area (Å²) >= 11 is 11.9. The molecule has 0 aliphatic carbocycles. The van der Waals surface area contributed by atoms with E-state index < -0.39 is 33.2 Å². The molecule has 0 heterocycles. The minimum absolute atomic E-state index is 0.0136. The number of halogens is 3. The van der Waals surface area contributed by atoms with Gasteiger partial charge in [0.2, 0.25) is 15.9 Å². The van der Waals surface area contributed by atoms with Gasteiger partial charge in [-0.05, 0) is 24.3 Å². The van der Waals surface area contributed by atoms with E-state index >= 15 is 0 Å². The molecule has 1 N–H and O–H groups in total. The largest absolute Gasteiger partial charge is 0.322 e. The number of hydrogen-bond acceptors (Lipinski definition) is 3. The zero-order chi connectivity index (χ0) is 18.6. The van der Waals surface area contributed by atoms with Crippen molar-refractivity contribution in [3.63, 3.8) is 0 Å². The molecule has 0 unspecified atom stereocenters. The van der Waals surface area contributed by atoms with Crippen LogP contribution in [0.3, 0.4) is 0 Å². The van der Waals surface area contributed by atoms with Crippen LogP contribution in [0.4, 0.5) is 10.1 Å². The Morgan fingerprint density at radius 3 is 2.28 bits per heavy atom. The second-order valence-corrected chi connectivity index (χ2v) is 7.73. The molecule has 0 atom stereocenters. The Kier molecular flexibility index (Phi) is 6.40. The lowest BCUT2D eigenvalue weighted by Crippen LogP contribution is -2.38. The second kappa shape index (κ2) is 8.14. The third-order valence-corrected chi connectivity index (χ3v) is 5.94. The van der Waals surface area contributed by atoms with Crippen molar-refractivity contribution in [2.45, 2.75) is 11.8 Å². The van der Waals surface area contributed by atoms with Crippen LogP contribution in [0.1, 0.15) is 6.92 Å². The third-order valence-electron chi connectivity index (χ3n) is 3.35. The van der Waals surface area contributed by atoms with E-state index in [1.165, 1.54) is 24.3 Å². The van der Waals surface area contributed by atoms with E-state index in [-0.39, 0.29) is 22.3 Å². The summed E-state index contributed by atoms with van der Waals surface area (Å²) in [6.07, 6.45) is 0. The van der Waals surface area contributed by atoms with Crippen LogP contribution in [0.5, 0.6) is 0 Å². The van der Waals surface area contributed by atoms with E-state index in [1.54, 1.807) is 13.0 Å². The number of carbonyl (C=O) groups is 1. The van der Waals surface area contributed by atoms with Gasteiger partial charge in [-0.3, -0.25) is 4.79 Å². The third kappa shape index (κ3) is 4.49. The number of hydrogen-bond donors (Lipinski definition) is 1. The van der Waals surface area contributed by atoms with Crippen molar-refractivity contribution < 1.29 is 17.6 Å². The summed E-state index contributed by atoms with van der Waals surface area (Å²) in [5, 5.41) is 2.92. The van der Waals surface area contributed by atoms with E-state index in [2.05, 4.69) is 5.32 Å². The molecule has 0 fully saturated rings. The molecule has 0 bridgehead atoms. The molecule has 25 heavy (non-hydrogen) atoms. The summed E-state index contributed by atoms with van der Waals surface area (Å²) in [6.45, 7) is 1.03. The van der Waals surface area contributed by atoms with Gasteiger partial charge in [-0.2, -0.15) is 4.31 Å². The van der Waals surface area contributed by atoms with Crippen LogP contribution in [0.15, 0.2) is 47.4 Å². The van der Waals surface area contributed by atoms with Gasteiger partial charge in [0, 0.05) is 6.54 Å². The first-order valence-electron chi connectivity index (χ1n) is 7.26. The normalized spacial score (nSPS) is 11.6. The molecule has 134 valence electrons. The van der Waals surface area contributed by atoms with Gasteiger partial charge in [-0.15, -0.1) is 0 Å². The fourth-order valence-corrected chi connectivity index (χ4v) is 4.08. The monoisotopic (exact) mass is 404 g/mol. The average molecular weight is 405 g/mol. The summed E-state index contributed by atoms with van der Waals surface area (Å²) in [5.41, 5.74) is 0.190. The van der Waals surface area contributed by atoms with E-state index in [0.717, 1.165) is 16.4 Å². The number of nitrogens with zero attached hydrogens (tertiary/aromatic N) is 1. The Morgan fingerprint density at radius 2 is 1.72 bits per heavy atom. The van der Waals surface area contributed by atoms with Crippen molar-refractivity contribution >= 4 is 44.8 Å². The molecule has 1 amide bonds. The maximum Gasteiger partial charge on any atom is 0.246 e. The van der Waals surface area contributed by atoms with Crippen LogP contribution in [0.25, 0.3) is 0 Å².